The highest BCUT2D eigenvalue weighted by Crippen LogP contribution is 2.35. The van der Waals surface area contributed by atoms with E-state index in [0.717, 1.165) is 0 Å². The summed E-state index contributed by atoms with van der Waals surface area (Å²) in [5.41, 5.74) is 8.48. The number of nitrogens with zero attached hydrogens (tertiary/aromatic N) is 2. The molecular weight excluding hydrogens is 472 g/mol. The molecule has 2 atom stereocenters. The minimum Gasteiger partial charge on any atom is -0.334 e. The van der Waals surface area contributed by atoms with Crippen molar-refractivity contribution >= 4 is 33.2 Å². The van der Waals surface area contributed by atoms with Crippen molar-refractivity contribution in [3.05, 3.63) is 152 Å². The lowest BCUT2D eigenvalue weighted by atomic mass is 9.94. The predicted octanol–water partition coefficient (Wildman–Crippen LogP) is 9.72. The average molecular weight is 503 g/mol. The molecule has 1 unspecified atom stereocenters. The molecule has 2 heteroatoms. The molecule has 1 heterocycles. The molecule has 0 N–H and O–H groups in total. The van der Waals surface area contributed by atoms with Crippen molar-refractivity contribution in [3.63, 3.8) is 0 Å². The largest absolute Gasteiger partial charge is 0.334 e. The number of aromatic nitrogens is 1. The molecule has 0 spiro atoms. The van der Waals surface area contributed by atoms with Crippen LogP contribution in [0.2, 0.25) is 0 Å². The van der Waals surface area contributed by atoms with E-state index in [4.69, 9.17) is 0 Å². The maximum Gasteiger partial charge on any atom is 0.0585 e. The van der Waals surface area contributed by atoms with Crippen LogP contribution in [0.25, 0.3) is 38.6 Å². The summed E-state index contributed by atoms with van der Waals surface area (Å²) in [6, 6.07) is 46.2. The van der Waals surface area contributed by atoms with Crippen LogP contribution in [0.4, 0.5) is 11.4 Å². The zero-order chi connectivity index (χ0) is 26.2. The fourth-order valence-electron chi connectivity index (χ4n) is 5.93. The second-order valence-electron chi connectivity index (χ2n) is 10.3. The normalized spacial score (nSPS) is 16.6. The first-order valence-electron chi connectivity index (χ1n) is 13.7. The van der Waals surface area contributed by atoms with Crippen molar-refractivity contribution in [1.82, 2.24) is 4.57 Å². The zero-order valence-electron chi connectivity index (χ0n) is 22.0. The Morgan fingerprint density at radius 2 is 1.03 bits per heavy atom. The molecule has 6 aromatic rings. The molecule has 5 aromatic carbocycles. The van der Waals surface area contributed by atoms with Crippen molar-refractivity contribution in [2.24, 2.45) is 5.92 Å². The predicted molar refractivity (Wildman–Crippen MR) is 166 cm³/mol. The summed E-state index contributed by atoms with van der Waals surface area (Å²) >= 11 is 0. The summed E-state index contributed by atoms with van der Waals surface area (Å²) < 4.78 is 2.36. The van der Waals surface area contributed by atoms with Gasteiger partial charge < -0.3 is 9.47 Å². The Labute approximate surface area is 229 Å². The molecule has 0 fully saturated rings. The van der Waals surface area contributed by atoms with Crippen LogP contribution in [0.1, 0.15) is 6.92 Å². The number of allylic oxidation sites excluding steroid dienone is 2. The van der Waals surface area contributed by atoms with Crippen LogP contribution in [-0.2, 0) is 0 Å². The van der Waals surface area contributed by atoms with Gasteiger partial charge in [-0.2, -0.15) is 0 Å². The minimum absolute atomic E-state index is 0.272. The highest BCUT2D eigenvalue weighted by Gasteiger charge is 2.24. The SMILES string of the molecule is C[C@H]1C=CC=CC1N(c1ccccc1)c1ccc(-c2ccc(-n3c4ccccc4c4ccccc43)cc2)cc1. The van der Waals surface area contributed by atoms with Gasteiger partial charge in [0.05, 0.1) is 17.1 Å². The Kier molecular flexibility index (Phi) is 5.86. The Hall–Kier alpha value is -4.82. The van der Waals surface area contributed by atoms with Gasteiger partial charge in [0.25, 0.3) is 0 Å². The number of benzene rings is 5. The smallest absolute Gasteiger partial charge is 0.0585 e. The Morgan fingerprint density at radius 1 is 0.513 bits per heavy atom. The van der Waals surface area contributed by atoms with Gasteiger partial charge in [0, 0.05) is 27.8 Å². The first kappa shape index (κ1) is 23.3. The van der Waals surface area contributed by atoms with Crippen molar-refractivity contribution in [2.75, 3.05) is 4.90 Å². The van der Waals surface area contributed by atoms with Gasteiger partial charge in [-0.1, -0.05) is 110 Å². The van der Waals surface area contributed by atoms with E-state index < -0.39 is 0 Å². The summed E-state index contributed by atoms with van der Waals surface area (Å²) in [7, 11) is 0. The molecule has 1 aliphatic rings. The van der Waals surface area contributed by atoms with Crippen LogP contribution in [-0.4, -0.2) is 10.6 Å². The molecule has 2 nitrogen and oxygen atoms in total. The maximum absolute atomic E-state index is 2.44. The zero-order valence-corrected chi connectivity index (χ0v) is 22.0. The highest BCUT2D eigenvalue weighted by atomic mass is 15.2. The van der Waals surface area contributed by atoms with Crippen LogP contribution < -0.4 is 4.90 Å². The van der Waals surface area contributed by atoms with E-state index in [1.807, 2.05) is 0 Å². The van der Waals surface area contributed by atoms with Gasteiger partial charge in [0.1, 0.15) is 0 Å². The number of fused-ring (bicyclic) bond motifs is 3. The van der Waals surface area contributed by atoms with Gasteiger partial charge in [-0.3, -0.25) is 0 Å². The van der Waals surface area contributed by atoms with Crippen LogP contribution in [0.15, 0.2) is 152 Å². The second-order valence-corrected chi connectivity index (χ2v) is 10.3. The van der Waals surface area contributed by atoms with E-state index in [1.54, 1.807) is 0 Å². The lowest BCUT2D eigenvalue weighted by Crippen LogP contribution is -2.35. The van der Waals surface area contributed by atoms with Crippen molar-refractivity contribution in [1.29, 1.82) is 0 Å². The lowest BCUT2D eigenvalue weighted by Gasteiger charge is -2.36. The van der Waals surface area contributed by atoms with Crippen molar-refractivity contribution < 1.29 is 0 Å². The van der Waals surface area contributed by atoms with Gasteiger partial charge in [-0.05, 0) is 65.6 Å². The summed E-state index contributed by atoms with van der Waals surface area (Å²) in [5, 5.41) is 2.57. The monoisotopic (exact) mass is 502 g/mol. The molecular formula is C37H30N2. The maximum atomic E-state index is 2.44. The molecule has 1 aliphatic carbocycles. The molecule has 39 heavy (non-hydrogen) atoms. The minimum atomic E-state index is 0.272. The van der Waals surface area contributed by atoms with Crippen LogP contribution in [0.3, 0.4) is 0 Å². The number of rotatable bonds is 5. The van der Waals surface area contributed by atoms with Crippen molar-refractivity contribution in [3.8, 4) is 16.8 Å². The van der Waals surface area contributed by atoms with Crippen LogP contribution in [0, 0.1) is 5.92 Å². The average Bonchev–Trinajstić information content (AvgIpc) is 3.34. The highest BCUT2D eigenvalue weighted by molar-refractivity contribution is 6.09. The Balaban J connectivity index is 1.23. The third-order valence-corrected chi connectivity index (χ3v) is 7.89. The van der Waals surface area contributed by atoms with Crippen molar-refractivity contribution in [2.45, 2.75) is 13.0 Å². The molecule has 0 amide bonds. The topological polar surface area (TPSA) is 8.17 Å². The van der Waals surface area contributed by atoms with E-state index >= 15 is 0 Å². The standard InChI is InChI=1S/C37H30N2/c1-27-11-5-8-16-35(27)38(30-12-3-2-4-13-30)31-23-19-28(20-24-31)29-21-25-32(26-22-29)39-36-17-9-6-14-33(36)34-15-7-10-18-37(34)39/h2-27,35H,1H3/t27-,35?/m0/s1. The Morgan fingerprint density at radius 3 is 1.64 bits per heavy atom. The first-order chi connectivity index (χ1) is 19.3. The molecule has 188 valence electrons. The number of para-hydroxylation sites is 3. The fourth-order valence-corrected chi connectivity index (χ4v) is 5.93. The summed E-state index contributed by atoms with van der Waals surface area (Å²) in [6.45, 7) is 2.29. The van der Waals surface area contributed by atoms with Gasteiger partial charge >= 0.3 is 0 Å². The van der Waals surface area contributed by atoms with E-state index in [9.17, 15) is 0 Å². The molecule has 1 aromatic heterocycles. The van der Waals surface area contributed by atoms with E-state index in [-0.39, 0.29) is 6.04 Å². The Bertz CT molecular complexity index is 1750. The fraction of sp³-hybridized carbons (Fsp3) is 0.0811. The second kappa shape index (κ2) is 9.81. The number of hydrogen-bond donors (Lipinski definition) is 0. The molecule has 0 aliphatic heterocycles. The number of anilines is 2. The molecule has 0 saturated heterocycles. The van der Waals surface area contributed by atoms with Gasteiger partial charge in [0.2, 0.25) is 0 Å². The van der Waals surface area contributed by atoms with E-state index in [1.165, 1.54) is 50.0 Å². The first-order valence-corrected chi connectivity index (χ1v) is 13.7. The third-order valence-electron chi connectivity index (χ3n) is 7.89. The van der Waals surface area contributed by atoms with Crippen LogP contribution >= 0.6 is 0 Å². The quantitative estimate of drug-likeness (QED) is 0.228. The van der Waals surface area contributed by atoms with Gasteiger partial charge in [-0.15, -0.1) is 0 Å². The third kappa shape index (κ3) is 4.15. The number of hydrogen-bond acceptors (Lipinski definition) is 1. The summed E-state index contributed by atoms with van der Waals surface area (Å²) in [6.07, 6.45) is 8.90. The lowest BCUT2D eigenvalue weighted by molar-refractivity contribution is 0.609. The van der Waals surface area contributed by atoms with Crippen LogP contribution in [0.5, 0.6) is 0 Å². The summed E-state index contributed by atoms with van der Waals surface area (Å²) in [4.78, 5) is 2.44. The van der Waals surface area contributed by atoms with E-state index in [0.29, 0.717) is 5.92 Å². The van der Waals surface area contributed by atoms with E-state index in [2.05, 4.69) is 168 Å². The molecule has 0 radical (unpaired) electrons. The molecule has 0 saturated carbocycles. The molecule has 0 bridgehead atoms. The molecule has 7 rings (SSSR count). The van der Waals surface area contributed by atoms with Gasteiger partial charge in [-0.25, -0.2) is 0 Å². The summed E-state index contributed by atoms with van der Waals surface area (Å²) in [5.74, 6) is 0.420. The van der Waals surface area contributed by atoms with Gasteiger partial charge in [0.15, 0.2) is 0 Å².